The molecule has 8 heteroatoms. The molecule has 0 amide bonds. The van der Waals surface area contributed by atoms with Gasteiger partial charge in [0, 0.05) is 5.75 Å². The van der Waals surface area contributed by atoms with Crippen LogP contribution in [0.2, 0.25) is 0 Å². The molecule has 0 bridgehead atoms. The van der Waals surface area contributed by atoms with Crippen molar-refractivity contribution < 1.29 is 17.5 Å². The van der Waals surface area contributed by atoms with Crippen LogP contribution in [0.3, 0.4) is 0 Å². The zero-order chi connectivity index (χ0) is 19.0. The summed E-state index contributed by atoms with van der Waals surface area (Å²) in [6.07, 6.45) is 0. The minimum absolute atomic E-state index is 0.0733. The van der Waals surface area contributed by atoms with Gasteiger partial charge in [-0.25, -0.2) is 12.8 Å². The second-order valence-corrected chi connectivity index (χ2v) is 9.68. The highest BCUT2D eigenvalue weighted by atomic mass is 32.2. The summed E-state index contributed by atoms with van der Waals surface area (Å²) in [5, 5.41) is 0.772. The summed E-state index contributed by atoms with van der Waals surface area (Å²) in [7, 11) is -1.50. The standard InChI is InChI=1S/C19H19FN2O3S2/c1-25-18-5-3-2-4-16(18)22-17-12-27(23,24)11-15(17)21-19(22)26-10-13-6-8-14(20)9-7-13/h2-9,15,17H,10-12H2,1H3/t15-,17+/m1/s1. The van der Waals surface area contributed by atoms with Gasteiger partial charge in [-0.1, -0.05) is 36.0 Å². The SMILES string of the molecule is COc1ccccc1N1C(SCc2ccc(F)cc2)=N[C@@H]2CS(=O)(=O)C[C@@H]21. The van der Waals surface area contributed by atoms with Crippen molar-refractivity contribution in [3.63, 3.8) is 0 Å². The molecule has 27 heavy (non-hydrogen) atoms. The van der Waals surface area contributed by atoms with E-state index < -0.39 is 9.84 Å². The molecule has 0 aliphatic carbocycles. The molecule has 0 aromatic heterocycles. The Labute approximate surface area is 162 Å². The lowest BCUT2D eigenvalue weighted by atomic mass is 10.1. The van der Waals surface area contributed by atoms with E-state index >= 15 is 0 Å². The maximum atomic E-state index is 13.1. The van der Waals surface area contributed by atoms with Crippen LogP contribution in [0, 0.1) is 5.82 Å². The Bertz CT molecular complexity index is 977. The molecule has 2 aromatic rings. The van der Waals surface area contributed by atoms with Gasteiger partial charge in [0.05, 0.1) is 36.4 Å². The van der Waals surface area contributed by atoms with E-state index in [9.17, 15) is 12.8 Å². The van der Waals surface area contributed by atoms with Gasteiger partial charge in [-0.3, -0.25) is 4.99 Å². The fourth-order valence-electron chi connectivity index (χ4n) is 3.47. The van der Waals surface area contributed by atoms with Crippen molar-refractivity contribution in [2.45, 2.75) is 17.8 Å². The van der Waals surface area contributed by atoms with E-state index in [4.69, 9.17) is 9.73 Å². The van der Waals surface area contributed by atoms with Crippen molar-refractivity contribution in [1.82, 2.24) is 0 Å². The van der Waals surface area contributed by atoms with Gasteiger partial charge in [-0.2, -0.15) is 0 Å². The quantitative estimate of drug-likeness (QED) is 0.781. The van der Waals surface area contributed by atoms with Crippen molar-refractivity contribution in [2.24, 2.45) is 4.99 Å². The van der Waals surface area contributed by atoms with Gasteiger partial charge in [-0.05, 0) is 29.8 Å². The second kappa shape index (κ2) is 7.16. The minimum atomic E-state index is -3.10. The predicted octanol–water partition coefficient (Wildman–Crippen LogP) is 3.11. The lowest BCUT2D eigenvalue weighted by Gasteiger charge is -2.27. The second-order valence-electron chi connectivity index (χ2n) is 6.58. The lowest BCUT2D eigenvalue weighted by molar-refractivity contribution is 0.415. The van der Waals surface area contributed by atoms with Gasteiger partial charge >= 0.3 is 0 Å². The van der Waals surface area contributed by atoms with E-state index in [1.54, 1.807) is 19.2 Å². The molecule has 0 radical (unpaired) electrons. The number of amidine groups is 1. The van der Waals surface area contributed by atoms with Gasteiger partial charge in [-0.15, -0.1) is 0 Å². The normalized spacial score (nSPS) is 23.2. The van der Waals surface area contributed by atoms with Crippen LogP contribution >= 0.6 is 11.8 Å². The van der Waals surface area contributed by atoms with E-state index in [0.717, 1.165) is 16.4 Å². The molecule has 142 valence electrons. The Balaban J connectivity index is 1.64. The fourth-order valence-corrected chi connectivity index (χ4v) is 6.39. The average molecular weight is 407 g/mol. The number of hydrogen-bond donors (Lipinski definition) is 0. The number of thioether (sulfide) groups is 1. The number of methoxy groups -OCH3 is 1. The molecular formula is C19H19FN2O3S2. The molecule has 4 rings (SSSR count). The zero-order valence-corrected chi connectivity index (χ0v) is 16.3. The van der Waals surface area contributed by atoms with Gasteiger partial charge < -0.3 is 9.64 Å². The number of sulfone groups is 1. The van der Waals surface area contributed by atoms with E-state index in [1.807, 2.05) is 29.2 Å². The number of para-hydroxylation sites is 2. The molecule has 5 nitrogen and oxygen atoms in total. The summed E-state index contributed by atoms with van der Waals surface area (Å²) in [5.74, 6) is 1.19. The van der Waals surface area contributed by atoms with Crippen LogP contribution < -0.4 is 9.64 Å². The molecule has 2 heterocycles. The third kappa shape index (κ3) is 3.68. The summed E-state index contributed by atoms with van der Waals surface area (Å²) in [6, 6.07) is 13.4. The number of aliphatic imine (C=N–C) groups is 1. The summed E-state index contributed by atoms with van der Waals surface area (Å²) in [5.41, 5.74) is 1.80. The first-order valence-corrected chi connectivity index (χ1v) is 11.4. The molecule has 2 atom stereocenters. The van der Waals surface area contributed by atoms with Crippen molar-refractivity contribution in [3.8, 4) is 5.75 Å². The third-order valence-electron chi connectivity index (χ3n) is 4.73. The molecule has 0 spiro atoms. The number of nitrogens with zero attached hydrogens (tertiary/aromatic N) is 2. The number of ether oxygens (including phenoxy) is 1. The van der Waals surface area contributed by atoms with Crippen molar-refractivity contribution >= 4 is 32.5 Å². The van der Waals surface area contributed by atoms with Crippen LogP contribution in [-0.4, -0.2) is 44.3 Å². The molecule has 2 aromatic carbocycles. The maximum Gasteiger partial charge on any atom is 0.164 e. The zero-order valence-electron chi connectivity index (χ0n) is 14.7. The molecule has 1 fully saturated rings. The molecule has 2 aliphatic rings. The van der Waals surface area contributed by atoms with Crippen LogP contribution in [0.25, 0.3) is 0 Å². The predicted molar refractivity (Wildman–Crippen MR) is 107 cm³/mol. The fraction of sp³-hybridized carbons (Fsp3) is 0.316. The van der Waals surface area contributed by atoms with Gasteiger partial charge in [0.15, 0.2) is 15.0 Å². The Kier molecular flexibility index (Phi) is 4.86. The first-order chi connectivity index (χ1) is 13.0. The van der Waals surface area contributed by atoms with E-state index in [1.165, 1.54) is 23.9 Å². The Hall–Kier alpha value is -2.06. The van der Waals surface area contributed by atoms with E-state index in [0.29, 0.717) is 11.5 Å². The molecule has 0 N–H and O–H groups in total. The highest BCUT2D eigenvalue weighted by Crippen LogP contribution is 2.39. The topological polar surface area (TPSA) is 59.0 Å². The first-order valence-electron chi connectivity index (χ1n) is 8.54. The van der Waals surface area contributed by atoms with Crippen molar-refractivity contribution in [2.75, 3.05) is 23.5 Å². The number of rotatable bonds is 4. The highest BCUT2D eigenvalue weighted by Gasteiger charge is 2.47. The van der Waals surface area contributed by atoms with Crippen LogP contribution in [0.4, 0.5) is 10.1 Å². The Morgan fingerprint density at radius 3 is 2.67 bits per heavy atom. The van der Waals surface area contributed by atoms with Crippen LogP contribution in [0.15, 0.2) is 53.5 Å². The number of anilines is 1. The van der Waals surface area contributed by atoms with Crippen LogP contribution in [0.5, 0.6) is 5.75 Å². The maximum absolute atomic E-state index is 13.1. The van der Waals surface area contributed by atoms with Crippen LogP contribution in [-0.2, 0) is 15.6 Å². The van der Waals surface area contributed by atoms with Gasteiger partial charge in [0.25, 0.3) is 0 Å². The van der Waals surface area contributed by atoms with Gasteiger partial charge in [0.2, 0.25) is 0 Å². The average Bonchev–Trinajstić information content (AvgIpc) is 3.12. The van der Waals surface area contributed by atoms with Crippen molar-refractivity contribution in [3.05, 3.63) is 59.9 Å². The molecule has 1 saturated heterocycles. The molecule has 0 saturated carbocycles. The minimum Gasteiger partial charge on any atom is -0.495 e. The molecular weight excluding hydrogens is 387 g/mol. The largest absolute Gasteiger partial charge is 0.495 e. The summed E-state index contributed by atoms with van der Waals surface area (Å²) in [4.78, 5) is 6.70. The number of fused-ring (bicyclic) bond motifs is 1. The molecule has 2 aliphatic heterocycles. The molecule has 0 unspecified atom stereocenters. The lowest BCUT2D eigenvalue weighted by Crippen LogP contribution is -2.39. The highest BCUT2D eigenvalue weighted by molar-refractivity contribution is 8.13. The van der Waals surface area contributed by atoms with Crippen LogP contribution in [0.1, 0.15) is 5.56 Å². The monoisotopic (exact) mass is 406 g/mol. The summed E-state index contributed by atoms with van der Waals surface area (Å²) < 4.78 is 42.8. The number of benzene rings is 2. The first kappa shape index (κ1) is 18.3. The Morgan fingerprint density at radius 1 is 1.19 bits per heavy atom. The third-order valence-corrected chi connectivity index (χ3v) is 7.47. The summed E-state index contributed by atoms with van der Waals surface area (Å²) >= 11 is 1.53. The smallest absolute Gasteiger partial charge is 0.164 e. The Morgan fingerprint density at radius 2 is 1.93 bits per heavy atom. The van der Waals surface area contributed by atoms with E-state index in [-0.39, 0.29) is 29.4 Å². The number of hydrogen-bond acceptors (Lipinski definition) is 6. The van der Waals surface area contributed by atoms with Gasteiger partial charge in [0.1, 0.15) is 11.6 Å². The van der Waals surface area contributed by atoms with Crippen molar-refractivity contribution in [1.29, 1.82) is 0 Å². The number of halogens is 1. The van der Waals surface area contributed by atoms with E-state index in [2.05, 4.69) is 0 Å². The summed E-state index contributed by atoms with van der Waals surface area (Å²) in [6.45, 7) is 0.